The van der Waals surface area contributed by atoms with Crippen LogP contribution in [0.1, 0.15) is 28.7 Å². The Morgan fingerprint density at radius 1 is 1.67 bits per heavy atom. The van der Waals surface area contributed by atoms with Gasteiger partial charge in [-0.25, -0.2) is 9.78 Å². The highest BCUT2D eigenvalue weighted by molar-refractivity contribution is 7.17. The van der Waals surface area contributed by atoms with Crippen LogP contribution in [-0.4, -0.2) is 42.9 Å². The minimum atomic E-state index is -0.872. The summed E-state index contributed by atoms with van der Waals surface area (Å²) in [5.74, 6) is -0.347. The lowest BCUT2D eigenvalue weighted by Gasteiger charge is -2.14. The number of hydrogen-bond donors (Lipinski definition) is 1. The van der Waals surface area contributed by atoms with Crippen molar-refractivity contribution in [1.29, 1.82) is 0 Å². The summed E-state index contributed by atoms with van der Waals surface area (Å²) in [7, 11) is 1.71. The quantitative estimate of drug-likeness (QED) is 0.885. The first-order valence-electron chi connectivity index (χ1n) is 6.12. The Kier molecular flexibility index (Phi) is 4.19. The van der Waals surface area contributed by atoms with E-state index >= 15 is 0 Å². The molecule has 18 heavy (non-hydrogen) atoms. The molecular weight excluding hydrogens is 252 g/mol. The van der Waals surface area contributed by atoms with E-state index in [2.05, 4.69) is 9.88 Å². The molecule has 1 unspecified atom stereocenters. The number of methoxy groups -OCH3 is 1. The summed E-state index contributed by atoms with van der Waals surface area (Å²) >= 11 is 1.28. The van der Waals surface area contributed by atoms with Crippen LogP contribution in [0.3, 0.4) is 0 Å². The lowest BCUT2D eigenvalue weighted by atomic mass is 10.1. The standard InChI is InChI=1S/C12H18N2O3S/c1-3-9-10(11(15)16)18-12(13-9)14-5-4-8(6-14)7-17-2/h8H,3-7H2,1-2H3,(H,15,16). The molecule has 2 rings (SSSR count). The summed E-state index contributed by atoms with van der Waals surface area (Å²) in [4.78, 5) is 18.1. The zero-order valence-electron chi connectivity index (χ0n) is 10.7. The summed E-state index contributed by atoms with van der Waals surface area (Å²) in [6.45, 7) is 4.53. The van der Waals surface area contributed by atoms with E-state index < -0.39 is 5.97 Å². The van der Waals surface area contributed by atoms with E-state index in [4.69, 9.17) is 9.84 Å². The average Bonchev–Trinajstić information content (AvgIpc) is 2.94. The molecule has 0 bridgehead atoms. The number of aryl methyl sites for hydroxylation is 1. The molecular formula is C12H18N2O3S. The third-order valence-corrected chi connectivity index (χ3v) is 4.32. The van der Waals surface area contributed by atoms with Crippen LogP contribution in [0.4, 0.5) is 5.13 Å². The van der Waals surface area contributed by atoms with Crippen LogP contribution in [-0.2, 0) is 11.2 Å². The first-order chi connectivity index (χ1) is 8.65. The fourth-order valence-electron chi connectivity index (χ4n) is 2.26. The molecule has 1 atom stereocenters. The van der Waals surface area contributed by atoms with Gasteiger partial charge in [-0.15, -0.1) is 0 Å². The highest BCUT2D eigenvalue weighted by Crippen LogP contribution is 2.30. The van der Waals surface area contributed by atoms with E-state index in [0.29, 0.717) is 22.9 Å². The molecule has 5 nitrogen and oxygen atoms in total. The second-order valence-corrected chi connectivity index (χ2v) is 5.46. The van der Waals surface area contributed by atoms with Crippen LogP contribution in [0.15, 0.2) is 0 Å². The molecule has 1 fully saturated rings. The van der Waals surface area contributed by atoms with Crippen molar-refractivity contribution >= 4 is 22.4 Å². The first-order valence-corrected chi connectivity index (χ1v) is 6.94. The van der Waals surface area contributed by atoms with E-state index in [1.54, 1.807) is 7.11 Å². The van der Waals surface area contributed by atoms with Crippen molar-refractivity contribution in [2.24, 2.45) is 5.92 Å². The monoisotopic (exact) mass is 270 g/mol. The molecule has 1 saturated heterocycles. The molecule has 0 spiro atoms. The Morgan fingerprint density at radius 2 is 2.44 bits per heavy atom. The van der Waals surface area contributed by atoms with Crippen molar-refractivity contribution in [3.8, 4) is 0 Å². The lowest BCUT2D eigenvalue weighted by molar-refractivity contribution is 0.0701. The Labute approximate surface area is 110 Å². The fourth-order valence-corrected chi connectivity index (χ4v) is 3.29. The minimum absolute atomic E-state index is 0.377. The molecule has 6 heteroatoms. The number of nitrogens with zero attached hydrogens (tertiary/aromatic N) is 2. The second-order valence-electron chi connectivity index (χ2n) is 4.49. The van der Waals surface area contributed by atoms with Gasteiger partial charge in [0.05, 0.1) is 12.3 Å². The van der Waals surface area contributed by atoms with Crippen LogP contribution < -0.4 is 4.90 Å². The summed E-state index contributed by atoms with van der Waals surface area (Å²) in [6, 6.07) is 0. The SMILES string of the molecule is CCc1nc(N2CCC(COC)C2)sc1C(=O)O. The van der Waals surface area contributed by atoms with Crippen LogP contribution >= 0.6 is 11.3 Å². The van der Waals surface area contributed by atoms with Gasteiger partial charge in [0.25, 0.3) is 0 Å². The van der Waals surface area contributed by atoms with Gasteiger partial charge in [-0.05, 0) is 12.8 Å². The molecule has 0 amide bonds. The van der Waals surface area contributed by atoms with E-state index in [9.17, 15) is 4.79 Å². The van der Waals surface area contributed by atoms with Gasteiger partial charge in [-0.1, -0.05) is 18.3 Å². The van der Waals surface area contributed by atoms with Crippen LogP contribution in [0, 0.1) is 5.92 Å². The van der Waals surface area contributed by atoms with Gasteiger partial charge < -0.3 is 14.7 Å². The zero-order chi connectivity index (χ0) is 13.1. The average molecular weight is 270 g/mol. The van der Waals surface area contributed by atoms with Crippen molar-refractivity contribution in [1.82, 2.24) is 4.98 Å². The van der Waals surface area contributed by atoms with E-state index in [-0.39, 0.29) is 0 Å². The molecule has 0 saturated carbocycles. The number of carboxylic acid groups (broad SMARTS) is 1. The number of aromatic nitrogens is 1. The molecule has 1 aromatic heterocycles. The van der Waals surface area contributed by atoms with Gasteiger partial charge in [0.1, 0.15) is 4.88 Å². The third-order valence-electron chi connectivity index (χ3n) is 3.17. The van der Waals surface area contributed by atoms with Crippen molar-refractivity contribution in [3.63, 3.8) is 0 Å². The number of carboxylic acids is 1. The summed E-state index contributed by atoms with van der Waals surface area (Å²) in [5.41, 5.74) is 0.692. The van der Waals surface area contributed by atoms with Crippen LogP contribution in [0.2, 0.25) is 0 Å². The summed E-state index contributed by atoms with van der Waals surface area (Å²) in [6.07, 6.45) is 1.74. The number of ether oxygens (including phenoxy) is 1. The number of thiazole rings is 1. The lowest BCUT2D eigenvalue weighted by Crippen LogP contribution is -2.20. The maximum absolute atomic E-state index is 11.1. The van der Waals surface area contributed by atoms with E-state index in [0.717, 1.165) is 31.2 Å². The molecule has 1 aliphatic rings. The van der Waals surface area contributed by atoms with Gasteiger partial charge in [0.15, 0.2) is 5.13 Å². The normalized spacial score (nSPS) is 19.4. The molecule has 100 valence electrons. The highest BCUT2D eigenvalue weighted by atomic mass is 32.1. The number of aromatic carboxylic acids is 1. The van der Waals surface area contributed by atoms with E-state index in [1.807, 2.05) is 6.92 Å². The van der Waals surface area contributed by atoms with Gasteiger partial charge in [0, 0.05) is 26.1 Å². The van der Waals surface area contributed by atoms with Crippen LogP contribution in [0.5, 0.6) is 0 Å². The topological polar surface area (TPSA) is 62.7 Å². The minimum Gasteiger partial charge on any atom is -0.477 e. The number of carbonyl (C=O) groups is 1. The van der Waals surface area contributed by atoms with Gasteiger partial charge in [-0.3, -0.25) is 0 Å². The molecule has 1 aromatic rings. The van der Waals surface area contributed by atoms with Crippen molar-refractivity contribution in [2.75, 3.05) is 31.7 Å². The molecule has 0 aliphatic carbocycles. The molecule has 0 aromatic carbocycles. The maximum atomic E-state index is 11.1. The third kappa shape index (κ3) is 2.64. The van der Waals surface area contributed by atoms with Crippen LogP contribution in [0.25, 0.3) is 0 Å². The Balaban J connectivity index is 2.12. The highest BCUT2D eigenvalue weighted by Gasteiger charge is 2.26. The van der Waals surface area contributed by atoms with Crippen molar-refractivity contribution in [3.05, 3.63) is 10.6 Å². The summed E-state index contributed by atoms with van der Waals surface area (Å²) in [5, 5.41) is 9.96. The first kappa shape index (κ1) is 13.3. The smallest absolute Gasteiger partial charge is 0.347 e. The van der Waals surface area contributed by atoms with Gasteiger partial charge >= 0.3 is 5.97 Å². The number of anilines is 1. The Hall–Kier alpha value is -1.14. The predicted molar refractivity (Wildman–Crippen MR) is 70.6 cm³/mol. The largest absolute Gasteiger partial charge is 0.477 e. The van der Waals surface area contributed by atoms with E-state index in [1.165, 1.54) is 11.3 Å². The second kappa shape index (κ2) is 5.67. The molecule has 1 aliphatic heterocycles. The number of rotatable bonds is 5. The van der Waals surface area contributed by atoms with Gasteiger partial charge in [0.2, 0.25) is 0 Å². The molecule has 2 heterocycles. The predicted octanol–water partition coefficient (Wildman–Crippen LogP) is 1.88. The van der Waals surface area contributed by atoms with Gasteiger partial charge in [-0.2, -0.15) is 0 Å². The molecule has 1 N–H and O–H groups in total. The van der Waals surface area contributed by atoms with Crippen molar-refractivity contribution in [2.45, 2.75) is 19.8 Å². The summed E-state index contributed by atoms with van der Waals surface area (Å²) < 4.78 is 5.16. The molecule has 0 radical (unpaired) electrons. The van der Waals surface area contributed by atoms with Crippen molar-refractivity contribution < 1.29 is 14.6 Å². The number of hydrogen-bond acceptors (Lipinski definition) is 5. The fraction of sp³-hybridized carbons (Fsp3) is 0.667. The maximum Gasteiger partial charge on any atom is 0.347 e. The zero-order valence-corrected chi connectivity index (χ0v) is 11.5. The Bertz CT molecular complexity index is 433. The Morgan fingerprint density at radius 3 is 3.00 bits per heavy atom.